The van der Waals surface area contributed by atoms with E-state index in [9.17, 15) is 15.3 Å². The van der Waals surface area contributed by atoms with E-state index >= 15 is 0 Å². The molecular weight excluding hydrogens is 320 g/mol. The maximum absolute atomic E-state index is 9.81. The van der Waals surface area contributed by atoms with E-state index < -0.39 is 5.60 Å². The standard InChI is InChI=1S/C16H23BrO3/c1-11(5-4-8-16(2,3)20)6-7-12-9-15(19)13(17)10-14(12)18/h6,9-10,18-20H,4-5,7-8H2,1-3H3. The van der Waals surface area contributed by atoms with E-state index in [-0.39, 0.29) is 11.5 Å². The molecule has 1 aromatic carbocycles. The number of aromatic hydroxyl groups is 2. The molecule has 4 heteroatoms. The number of halogens is 1. The molecule has 0 spiro atoms. The Morgan fingerprint density at radius 3 is 2.50 bits per heavy atom. The molecule has 112 valence electrons. The summed E-state index contributed by atoms with van der Waals surface area (Å²) in [5, 5.41) is 29.1. The quantitative estimate of drug-likeness (QED) is 0.533. The average molecular weight is 343 g/mol. The van der Waals surface area contributed by atoms with Crippen LogP contribution in [0.1, 0.15) is 45.6 Å². The Morgan fingerprint density at radius 2 is 1.90 bits per heavy atom. The Balaban J connectivity index is 2.57. The van der Waals surface area contributed by atoms with Gasteiger partial charge in [0.2, 0.25) is 0 Å². The normalized spacial score (nSPS) is 12.8. The third kappa shape index (κ3) is 5.97. The summed E-state index contributed by atoms with van der Waals surface area (Å²) in [6.45, 7) is 5.67. The van der Waals surface area contributed by atoms with Crippen molar-refractivity contribution in [3.05, 3.63) is 33.8 Å². The predicted molar refractivity (Wildman–Crippen MR) is 85.1 cm³/mol. The number of phenolic OH excluding ortho intramolecular Hbond substituents is 2. The summed E-state index contributed by atoms with van der Waals surface area (Å²) >= 11 is 3.16. The van der Waals surface area contributed by atoms with Crippen molar-refractivity contribution in [2.24, 2.45) is 0 Å². The van der Waals surface area contributed by atoms with E-state index in [1.807, 2.05) is 26.8 Å². The number of hydrogen-bond acceptors (Lipinski definition) is 3. The fourth-order valence-corrected chi connectivity index (χ4v) is 2.28. The zero-order valence-electron chi connectivity index (χ0n) is 12.3. The van der Waals surface area contributed by atoms with Crippen molar-refractivity contribution in [2.75, 3.05) is 0 Å². The van der Waals surface area contributed by atoms with Gasteiger partial charge in [0.1, 0.15) is 11.5 Å². The number of hydrogen-bond donors (Lipinski definition) is 3. The Morgan fingerprint density at radius 1 is 1.25 bits per heavy atom. The second-order valence-electron chi connectivity index (χ2n) is 5.85. The first-order chi connectivity index (χ1) is 9.19. The molecule has 3 N–H and O–H groups in total. The molecule has 20 heavy (non-hydrogen) atoms. The third-order valence-electron chi connectivity index (χ3n) is 3.18. The number of rotatable bonds is 6. The van der Waals surface area contributed by atoms with Gasteiger partial charge in [0.15, 0.2) is 0 Å². The largest absolute Gasteiger partial charge is 0.508 e. The van der Waals surface area contributed by atoms with Crippen molar-refractivity contribution >= 4 is 15.9 Å². The van der Waals surface area contributed by atoms with Crippen molar-refractivity contribution in [1.29, 1.82) is 0 Å². The molecule has 0 fully saturated rings. The molecule has 0 saturated heterocycles. The number of aliphatic hydroxyl groups is 1. The molecule has 0 aliphatic carbocycles. The van der Waals surface area contributed by atoms with Crippen LogP contribution in [0.5, 0.6) is 11.5 Å². The average Bonchev–Trinajstić information content (AvgIpc) is 2.30. The van der Waals surface area contributed by atoms with Gasteiger partial charge in [-0.05, 0) is 74.5 Å². The van der Waals surface area contributed by atoms with Crippen LogP contribution in [0.15, 0.2) is 28.3 Å². The van der Waals surface area contributed by atoms with Gasteiger partial charge in [0.05, 0.1) is 10.1 Å². The highest BCUT2D eigenvalue weighted by Crippen LogP contribution is 2.31. The first-order valence-corrected chi connectivity index (χ1v) is 7.57. The summed E-state index contributed by atoms with van der Waals surface area (Å²) in [7, 11) is 0. The lowest BCUT2D eigenvalue weighted by atomic mass is 9.98. The number of phenols is 2. The molecule has 0 heterocycles. The first kappa shape index (κ1) is 17.1. The fourth-order valence-electron chi connectivity index (χ4n) is 1.94. The summed E-state index contributed by atoms with van der Waals surface area (Å²) in [4.78, 5) is 0. The van der Waals surface area contributed by atoms with Crippen molar-refractivity contribution < 1.29 is 15.3 Å². The molecule has 0 aliphatic rings. The Bertz CT molecular complexity index is 487. The van der Waals surface area contributed by atoms with Crippen LogP contribution in [0.2, 0.25) is 0 Å². The van der Waals surface area contributed by atoms with Crippen LogP contribution in [0.25, 0.3) is 0 Å². The lowest BCUT2D eigenvalue weighted by Gasteiger charge is -2.16. The minimum Gasteiger partial charge on any atom is -0.508 e. The second kappa shape index (κ2) is 7.14. The molecule has 0 unspecified atom stereocenters. The third-order valence-corrected chi connectivity index (χ3v) is 3.81. The zero-order valence-corrected chi connectivity index (χ0v) is 13.9. The van der Waals surface area contributed by atoms with Gasteiger partial charge >= 0.3 is 0 Å². The van der Waals surface area contributed by atoms with E-state index in [0.717, 1.165) is 19.3 Å². The van der Waals surface area contributed by atoms with Gasteiger partial charge in [-0.25, -0.2) is 0 Å². The van der Waals surface area contributed by atoms with Crippen LogP contribution in [0.4, 0.5) is 0 Å². The molecule has 0 aromatic heterocycles. The van der Waals surface area contributed by atoms with Gasteiger partial charge < -0.3 is 15.3 Å². The topological polar surface area (TPSA) is 60.7 Å². The molecule has 0 amide bonds. The SMILES string of the molecule is CC(=CCc1cc(O)c(Br)cc1O)CCCC(C)(C)O. The van der Waals surface area contributed by atoms with Gasteiger partial charge in [-0.2, -0.15) is 0 Å². The molecule has 3 nitrogen and oxygen atoms in total. The van der Waals surface area contributed by atoms with Crippen LogP contribution in [-0.4, -0.2) is 20.9 Å². The fraction of sp³-hybridized carbons (Fsp3) is 0.500. The monoisotopic (exact) mass is 342 g/mol. The van der Waals surface area contributed by atoms with E-state index in [2.05, 4.69) is 15.9 Å². The predicted octanol–water partition coefficient (Wildman–Crippen LogP) is 4.29. The molecule has 1 aromatic rings. The molecule has 0 bridgehead atoms. The van der Waals surface area contributed by atoms with Gasteiger partial charge in [-0.1, -0.05) is 11.6 Å². The minimum atomic E-state index is -0.615. The van der Waals surface area contributed by atoms with Crippen molar-refractivity contribution in [3.63, 3.8) is 0 Å². The molecular formula is C16H23BrO3. The Hall–Kier alpha value is -1.00. The van der Waals surface area contributed by atoms with Crippen molar-refractivity contribution in [1.82, 2.24) is 0 Å². The van der Waals surface area contributed by atoms with Gasteiger partial charge in [-0.3, -0.25) is 0 Å². The lowest BCUT2D eigenvalue weighted by molar-refractivity contribution is 0.0689. The van der Waals surface area contributed by atoms with Crippen molar-refractivity contribution in [2.45, 2.75) is 52.1 Å². The second-order valence-corrected chi connectivity index (χ2v) is 6.71. The maximum Gasteiger partial charge on any atom is 0.130 e. The van der Waals surface area contributed by atoms with Crippen molar-refractivity contribution in [3.8, 4) is 11.5 Å². The van der Waals surface area contributed by atoms with E-state index in [0.29, 0.717) is 16.5 Å². The Kier molecular flexibility index (Phi) is 6.08. The molecule has 0 aliphatic heterocycles. The summed E-state index contributed by atoms with van der Waals surface area (Å²) in [6.07, 6.45) is 5.26. The highest BCUT2D eigenvalue weighted by atomic mass is 79.9. The van der Waals surface area contributed by atoms with Gasteiger partial charge in [-0.15, -0.1) is 0 Å². The van der Waals surface area contributed by atoms with Gasteiger partial charge in [0, 0.05) is 5.56 Å². The summed E-state index contributed by atoms with van der Waals surface area (Å²) in [5.41, 5.74) is 1.30. The van der Waals surface area contributed by atoms with Crippen LogP contribution >= 0.6 is 15.9 Å². The zero-order chi connectivity index (χ0) is 15.3. The number of allylic oxidation sites excluding steroid dienone is 2. The molecule has 0 atom stereocenters. The summed E-state index contributed by atoms with van der Waals surface area (Å²) in [5.74, 6) is 0.307. The van der Waals surface area contributed by atoms with Crippen LogP contribution in [0, 0.1) is 0 Å². The lowest BCUT2D eigenvalue weighted by Crippen LogP contribution is -2.17. The van der Waals surface area contributed by atoms with E-state index in [1.165, 1.54) is 11.6 Å². The van der Waals surface area contributed by atoms with Crippen LogP contribution in [-0.2, 0) is 6.42 Å². The van der Waals surface area contributed by atoms with Crippen LogP contribution in [0.3, 0.4) is 0 Å². The smallest absolute Gasteiger partial charge is 0.130 e. The summed E-state index contributed by atoms with van der Waals surface area (Å²) < 4.78 is 0.490. The Labute approximate surface area is 129 Å². The highest BCUT2D eigenvalue weighted by Gasteiger charge is 2.11. The van der Waals surface area contributed by atoms with E-state index in [4.69, 9.17) is 0 Å². The van der Waals surface area contributed by atoms with Gasteiger partial charge in [0.25, 0.3) is 0 Å². The highest BCUT2D eigenvalue weighted by molar-refractivity contribution is 9.10. The molecule has 1 rings (SSSR count). The summed E-state index contributed by atoms with van der Waals surface area (Å²) in [6, 6.07) is 3.07. The van der Waals surface area contributed by atoms with Crippen LogP contribution < -0.4 is 0 Å². The molecule has 0 radical (unpaired) electrons. The number of benzene rings is 1. The van der Waals surface area contributed by atoms with E-state index in [1.54, 1.807) is 6.07 Å². The molecule has 0 saturated carbocycles. The maximum atomic E-state index is 9.81. The first-order valence-electron chi connectivity index (χ1n) is 6.77. The minimum absolute atomic E-state index is 0.130.